The van der Waals surface area contributed by atoms with Crippen LogP contribution in [-0.2, 0) is 12.1 Å². The lowest BCUT2D eigenvalue weighted by Crippen LogP contribution is -2.53. The van der Waals surface area contributed by atoms with Crippen LogP contribution in [0.25, 0.3) is 11.1 Å². The molecular weight excluding hydrogens is 500 g/mol. The van der Waals surface area contributed by atoms with Gasteiger partial charge in [-0.25, -0.2) is 0 Å². The lowest BCUT2D eigenvalue weighted by molar-refractivity contribution is -0.376. The fraction of sp³-hybridized carbons (Fsp3) is 0.308. The van der Waals surface area contributed by atoms with Crippen molar-refractivity contribution in [2.24, 2.45) is 0 Å². The molecule has 0 saturated carbocycles. The molecule has 1 aromatic heterocycles. The van der Waals surface area contributed by atoms with E-state index in [1.54, 1.807) is 41.4 Å². The highest BCUT2D eigenvalue weighted by Gasteiger charge is 2.71. The zero-order valence-corrected chi connectivity index (χ0v) is 19.4. The van der Waals surface area contributed by atoms with E-state index in [9.17, 15) is 36.2 Å². The van der Waals surface area contributed by atoms with Gasteiger partial charge in [0.2, 0.25) is 0 Å². The van der Waals surface area contributed by atoms with Gasteiger partial charge in [0.1, 0.15) is 5.69 Å². The molecule has 1 aliphatic heterocycles. The van der Waals surface area contributed by atoms with Gasteiger partial charge in [0.15, 0.2) is 0 Å². The first-order valence-corrected chi connectivity index (χ1v) is 11.4. The fourth-order valence-corrected chi connectivity index (χ4v) is 4.21. The number of hydrogen-bond acceptors (Lipinski definition) is 4. The number of benzene rings is 2. The molecule has 196 valence electrons. The van der Waals surface area contributed by atoms with Gasteiger partial charge in [0.05, 0.1) is 0 Å². The second-order valence-corrected chi connectivity index (χ2v) is 8.76. The van der Waals surface area contributed by atoms with Gasteiger partial charge in [-0.3, -0.25) is 14.7 Å². The molecule has 37 heavy (non-hydrogen) atoms. The summed E-state index contributed by atoms with van der Waals surface area (Å²) in [6.07, 6.45) is -10.3. The van der Waals surface area contributed by atoms with Gasteiger partial charge < -0.3 is 10.0 Å². The number of pyridine rings is 1. The monoisotopic (exact) mass is 523 g/mol. The third-order valence-corrected chi connectivity index (χ3v) is 6.36. The summed E-state index contributed by atoms with van der Waals surface area (Å²) in [5, 5.41) is 9.53. The molecule has 1 fully saturated rings. The Morgan fingerprint density at radius 3 is 1.81 bits per heavy atom. The molecule has 11 heteroatoms. The molecule has 4 rings (SSSR count). The maximum Gasteiger partial charge on any atom is 0.430 e. The standard InChI is InChI=1S/C26H23F6N3O2/c27-25(28,29)24(37,26(30,31)32)21-10-8-20(9-11-21)19-6-4-18(5-7-19)17-34-13-15-35(16-14-34)23(36)22-3-1-2-12-33-22/h1-12,37H,13-17H2. The molecule has 0 aliphatic carbocycles. The third-order valence-electron chi connectivity index (χ3n) is 6.36. The van der Waals surface area contributed by atoms with Crippen molar-refractivity contribution in [2.45, 2.75) is 24.5 Å². The van der Waals surface area contributed by atoms with Gasteiger partial charge in [-0.2, -0.15) is 26.3 Å². The highest BCUT2D eigenvalue weighted by atomic mass is 19.4. The number of rotatable bonds is 5. The van der Waals surface area contributed by atoms with Gasteiger partial charge in [0.25, 0.3) is 11.5 Å². The average molecular weight is 523 g/mol. The highest BCUT2D eigenvalue weighted by Crippen LogP contribution is 2.50. The Morgan fingerprint density at radius 2 is 1.32 bits per heavy atom. The number of amides is 1. The predicted octanol–water partition coefficient (Wildman–Crippen LogP) is 5.02. The van der Waals surface area contributed by atoms with Crippen molar-refractivity contribution in [3.05, 3.63) is 89.7 Å². The number of piperazine rings is 1. The van der Waals surface area contributed by atoms with Crippen LogP contribution >= 0.6 is 0 Å². The summed E-state index contributed by atoms with van der Waals surface area (Å²) in [5.41, 5.74) is -3.87. The van der Waals surface area contributed by atoms with E-state index in [1.807, 2.05) is 12.1 Å². The van der Waals surface area contributed by atoms with E-state index < -0.39 is 23.5 Å². The summed E-state index contributed by atoms with van der Waals surface area (Å²) in [6.45, 7) is 3.07. The summed E-state index contributed by atoms with van der Waals surface area (Å²) in [4.78, 5) is 20.6. The van der Waals surface area contributed by atoms with Crippen molar-refractivity contribution >= 4 is 5.91 Å². The van der Waals surface area contributed by atoms with Gasteiger partial charge >= 0.3 is 12.4 Å². The van der Waals surface area contributed by atoms with Crippen LogP contribution in [0.3, 0.4) is 0 Å². The molecule has 1 aliphatic rings. The van der Waals surface area contributed by atoms with Crippen molar-refractivity contribution in [2.75, 3.05) is 26.2 Å². The molecule has 1 amide bonds. The van der Waals surface area contributed by atoms with Gasteiger partial charge in [-0.1, -0.05) is 54.6 Å². The Balaban J connectivity index is 1.38. The Bertz CT molecular complexity index is 1190. The van der Waals surface area contributed by atoms with Crippen molar-refractivity contribution in [3.8, 4) is 11.1 Å². The van der Waals surface area contributed by atoms with Crippen LogP contribution < -0.4 is 0 Å². The molecule has 0 bridgehead atoms. The Labute approximate surface area is 209 Å². The number of nitrogens with zero attached hydrogens (tertiary/aromatic N) is 3. The zero-order chi connectivity index (χ0) is 26.8. The maximum absolute atomic E-state index is 13.1. The average Bonchev–Trinajstić information content (AvgIpc) is 2.88. The SMILES string of the molecule is O=C(c1ccccn1)N1CCN(Cc2ccc(-c3ccc(C(O)(C(F)(F)F)C(F)(F)F)cc3)cc2)CC1. The lowest BCUT2D eigenvalue weighted by atomic mass is 9.90. The first-order valence-electron chi connectivity index (χ1n) is 11.4. The number of halogens is 6. The van der Waals surface area contributed by atoms with E-state index in [0.717, 1.165) is 17.7 Å². The van der Waals surface area contributed by atoms with Crippen LogP contribution in [-0.4, -0.2) is 64.3 Å². The minimum Gasteiger partial charge on any atom is -0.369 e. The summed E-state index contributed by atoms with van der Waals surface area (Å²) < 4.78 is 78.5. The summed E-state index contributed by atoms with van der Waals surface area (Å²) in [6, 6.07) is 15.8. The quantitative estimate of drug-likeness (QED) is 0.478. The van der Waals surface area contributed by atoms with E-state index in [2.05, 4.69) is 9.88 Å². The minimum atomic E-state index is -5.92. The van der Waals surface area contributed by atoms with Crippen molar-refractivity contribution < 1.29 is 36.2 Å². The van der Waals surface area contributed by atoms with Crippen LogP contribution in [0.5, 0.6) is 0 Å². The Hall–Kier alpha value is -3.44. The van der Waals surface area contributed by atoms with Crippen LogP contribution in [0, 0.1) is 0 Å². The van der Waals surface area contributed by atoms with Gasteiger partial charge in [-0.15, -0.1) is 0 Å². The number of carbonyl (C=O) groups excluding carboxylic acids is 1. The minimum absolute atomic E-state index is 0.112. The molecule has 0 radical (unpaired) electrons. The van der Waals surface area contributed by atoms with E-state index in [4.69, 9.17) is 0 Å². The third kappa shape index (κ3) is 5.47. The van der Waals surface area contributed by atoms with E-state index in [-0.39, 0.29) is 5.91 Å². The van der Waals surface area contributed by atoms with E-state index in [1.165, 1.54) is 0 Å². The summed E-state index contributed by atoms with van der Waals surface area (Å²) in [5.74, 6) is -0.112. The molecule has 3 aromatic rings. The number of carbonyl (C=O) groups is 1. The van der Waals surface area contributed by atoms with Crippen molar-refractivity contribution in [1.29, 1.82) is 0 Å². The molecule has 1 saturated heterocycles. The molecule has 1 N–H and O–H groups in total. The largest absolute Gasteiger partial charge is 0.430 e. The number of alkyl halides is 6. The molecule has 5 nitrogen and oxygen atoms in total. The molecule has 2 heterocycles. The maximum atomic E-state index is 13.1. The zero-order valence-electron chi connectivity index (χ0n) is 19.4. The predicted molar refractivity (Wildman–Crippen MR) is 123 cm³/mol. The smallest absolute Gasteiger partial charge is 0.369 e. The number of aromatic nitrogens is 1. The summed E-state index contributed by atoms with van der Waals surface area (Å²) in [7, 11) is 0. The summed E-state index contributed by atoms with van der Waals surface area (Å²) >= 11 is 0. The molecule has 0 unspecified atom stereocenters. The van der Waals surface area contributed by atoms with Crippen LogP contribution in [0.1, 0.15) is 21.6 Å². The topological polar surface area (TPSA) is 56.7 Å². The van der Waals surface area contributed by atoms with Crippen LogP contribution in [0.15, 0.2) is 72.9 Å². The Kier molecular flexibility index (Phi) is 7.29. The van der Waals surface area contributed by atoms with Crippen molar-refractivity contribution in [1.82, 2.24) is 14.8 Å². The highest BCUT2D eigenvalue weighted by molar-refractivity contribution is 5.92. The van der Waals surface area contributed by atoms with E-state index in [0.29, 0.717) is 61.7 Å². The van der Waals surface area contributed by atoms with Crippen molar-refractivity contribution in [3.63, 3.8) is 0 Å². The first-order chi connectivity index (χ1) is 17.4. The van der Waals surface area contributed by atoms with Gasteiger partial charge in [0, 0.05) is 44.5 Å². The van der Waals surface area contributed by atoms with Crippen LogP contribution in [0.2, 0.25) is 0 Å². The second-order valence-electron chi connectivity index (χ2n) is 8.76. The lowest BCUT2D eigenvalue weighted by Gasteiger charge is -2.34. The fourth-order valence-electron chi connectivity index (χ4n) is 4.21. The molecule has 0 atom stereocenters. The molecule has 2 aromatic carbocycles. The van der Waals surface area contributed by atoms with Gasteiger partial charge in [-0.05, 0) is 28.8 Å². The first kappa shape index (κ1) is 26.6. The van der Waals surface area contributed by atoms with E-state index >= 15 is 0 Å². The molecule has 0 spiro atoms. The Morgan fingerprint density at radius 1 is 0.784 bits per heavy atom. The second kappa shape index (κ2) is 10.1. The normalized spacial score (nSPS) is 15.6. The molecular formula is C26H23F6N3O2. The number of aliphatic hydroxyl groups is 1. The van der Waals surface area contributed by atoms with Crippen LogP contribution in [0.4, 0.5) is 26.3 Å². The number of hydrogen-bond donors (Lipinski definition) is 1.